The van der Waals surface area contributed by atoms with Crippen LogP contribution in [0.5, 0.6) is 5.75 Å². The van der Waals surface area contributed by atoms with E-state index >= 15 is 0 Å². The van der Waals surface area contributed by atoms with Crippen LogP contribution in [-0.4, -0.2) is 16.7 Å². The van der Waals surface area contributed by atoms with Crippen molar-refractivity contribution in [1.82, 2.24) is 0 Å². The largest absolute Gasteiger partial charge is 0.487 e. The number of hydrogen-bond donors (Lipinski definition) is 1. The molecule has 0 aliphatic rings. The molecule has 0 heterocycles. The summed E-state index contributed by atoms with van der Waals surface area (Å²) in [7, 11) is 0. The van der Waals surface area contributed by atoms with Crippen molar-refractivity contribution in [2.45, 2.75) is 52.6 Å². The third kappa shape index (κ3) is 5.10. The number of ether oxygens (including phenoxy) is 1. The smallest absolute Gasteiger partial charge is 0.339 e. The molecule has 19 heavy (non-hydrogen) atoms. The first-order valence-corrected chi connectivity index (χ1v) is 6.08. The van der Waals surface area contributed by atoms with Crippen molar-refractivity contribution < 1.29 is 40.8 Å². The maximum atomic E-state index is 11.3. The summed E-state index contributed by atoms with van der Waals surface area (Å²) in [4.78, 5) is 11.3. The molecule has 0 spiro atoms. The summed E-state index contributed by atoms with van der Waals surface area (Å²) < 4.78 is 5.87. The van der Waals surface area contributed by atoms with E-state index in [0.717, 1.165) is 5.56 Å². The number of carboxylic acid groups (broad SMARTS) is 1. The van der Waals surface area contributed by atoms with Crippen LogP contribution >= 0.6 is 0 Å². The maximum Gasteiger partial charge on any atom is 0.339 e. The van der Waals surface area contributed by atoms with Gasteiger partial charge < -0.3 is 9.84 Å². The summed E-state index contributed by atoms with van der Waals surface area (Å²) in [5.74, 6) is -0.481. The van der Waals surface area contributed by atoms with E-state index in [0.29, 0.717) is 5.75 Å². The van der Waals surface area contributed by atoms with Gasteiger partial charge in [0.2, 0.25) is 0 Å². The molecule has 0 aromatic heterocycles. The summed E-state index contributed by atoms with van der Waals surface area (Å²) in [6.45, 7) is 11.9. The molecule has 0 amide bonds. The van der Waals surface area contributed by atoms with Gasteiger partial charge in [-0.15, -0.1) is 0 Å². The van der Waals surface area contributed by atoms with Crippen LogP contribution in [0.3, 0.4) is 0 Å². The second-order valence-corrected chi connectivity index (χ2v) is 6.45. The molecule has 0 saturated heterocycles. The fourth-order valence-electron chi connectivity index (χ4n) is 1.71. The summed E-state index contributed by atoms with van der Waals surface area (Å²) in [5, 5.41) is 9.27. The molecule has 3 nitrogen and oxygen atoms in total. The molecule has 1 N–H and O–H groups in total. The summed E-state index contributed by atoms with van der Waals surface area (Å²) in [6.07, 6.45) is 0. The van der Waals surface area contributed by atoms with Gasteiger partial charge in [0.05, 0.1) is 0 Å². The van der Waals surface area contributed by atoms with Crippen LogP contribution in [0.2, 0.25) is 0 Å². The fourth-order valence-corrected chi connectivity index (χ4v) is 1.71. The number of aromatic carboxylic acids is 1. The molecule has 0 unspecified atom stereocenters. The van der Waals surface area contributed by atoms with Crippen molar-refractivity contribution >= 4 is 5.97 Å². The normalized spacial score (nSPS) is 11.7. The summed E-state index contributed by atoms with van der Waals surface area (Å²) in [6, 6.07) is 5.27. The second kappa shape index (κ2) is 6.22. The van der Waals surface area contributed by atoms with Crippen LogP contribution in [0.25, 0.3) is 0 Å². The Bertz CT molecular complexity index is 453. The van der Waals surface area contributed by atoms with Gasteiger partial charge in [-0.2, -0.15) is 0 Å². The predicted molar refractivity (Wildman–Crippen MR) is 72.5 cm³/mol. The standard InChI is InChI=1S/C15H22O3.Zr/c1-14(2,3)11-9-7-8-10(13(16)17)12(11)18-15(4,5)6;/h7-9H,1-6H3,(H,16,17);. The monoisotopic (exact) mass is 340 g/mol. The fraction of sp³-hybridized carbons (Fsp3) is 0.533. The van der Waals surface area contributed by atoms with Crippen molar-refractivity contribution in [2.24, 2.45) is 0 Å². The van der Waals surface area contributed by atoms with E-state index in [1.54, 1.807) is 12.1 Å². The van der Waals surface area contributed by atoms with Crippen molar-refractivity contribution in [3.05, 3.63) is 29.3 Å². The second-order valence-electron chi connectivity index (χ2n) is 6.45. The molecule has 0 radical (unpaired) electrons. The average molecular weight is 342 g/mol. The van der Waals surface area contributed by atoms with Gasteiger partial charge in [-0.25, -0.2) is 4.79 Å². The molecule has 0 bridgehead atoms. The Balaban J connectivity index is 0.00000324. The molecule has 104 valence electrons. The van der Waals surface area contributed by atoms with Crippen molar-refractivity contribution in [3.63, 3.8) is 0 Å². The molecule has 1 aromatic carbocycles. The molecule has 0 atom stereocenters. The number of para-hydroxylation sites is 1. The van der Waals surface area contributed by atoms with E-state index in [4.69, 9.17) is 4.74 Å². The molecule has 0 saturated carbocycles. The minimum atomic E-state index is -0.958. The first kappa shape index (κ1) is 18.4. The minimum Gasteiger partial charge on any atom is -0.487 e. The molecule has 0 aliphatic carbocycles. The van der Waals surface area contributed by atoms with Crippen LogP contribution in [0, 0.1) is 0 Å². The summed E-state index contributed by atoms with van der Waals surface area (Å²) in [5.41, 5.74) is 0.548. The van der Waals surface area contributed by atoms with Gasteiger partial charge in [-0.3, -0.25) is 0 Å². The maximum absolute atomic E-state index is 11.3. The Morgan fingerprint density at radius 3 is 2.00 bits per heavy atom. The van der Waals surface area contributed by atoms with Crippen LogP contribution in [0.1, 0.15) is 57.5 Å². The first-order valence-electron chi connectivity index (χ1n) is 6.08. The van der Waals surface area contributed by atoms with Crippen LogP contribution in [0.15, 0.2) is 18.2 Å². The third-order valence-corrected chi connectivity index (χ3v) is 2.46. The Labute approximate surface area is 134 Å². The van der Waals surface area contributed by atoms with E-state index in [1.807, 2.05) is 47.6 Å². The van der Waals surface area contributed by atoms with Crippen molar-refractivity contribution in [1.29, 1.82) is 0 Å². The molecule has 4 heteroatoms. The summed E-state index contributed by atoms with van der Waals surface area (Å²) >= 11 is 0. The zero-order valence-electron chi connectivity index (χ0n) is 12.5. The topological polar surface area (TPSA) is 46.5 Å². The van der Waals surface area contributed by atoms with E-state index in [1.165, 1.54) is 0 Å². The van der Waals surface area contributed by atoms with Gasteiger partial charge >= 0.3 is 5.97 Å². The van der Waals surface area contributed by atoms with E-state index in [2.05, 4.69) is 0 Å². The molecular weight excluding hydrogens is 319 g/mol. The SMILES string of the molecule is CC(C)(C)Oc1c(C(=O)O)cccc1C(C)(C)C.[Zr]. The zero-order valence-corrected chi connectivity index (χ0v) is 15.0. The quantitative estimate of drug-likeness (QED) is 0.888. The zero-order chi connectivity index (χ0) is 14.1. The first-order chi connectivity index (χ1) is 8.02. The van der Waals surface area contributed by atoms with Crippen LogP contribution in [-0.2, 0) is 31.6 Å². The molecule has 0 fully saturated rings. The van der Waals surface area contributed by atoms with Crippen LogP contribution < -0.4 is 4.74 Å². The van der Waals surface area contributed by atoms with E-state index < -0.39 is 11.6 Å². The number of hydrogen-bond acceptors (Lipinski definition) is 2. The van der Waals surface area contributed by atoms with Gasteiger partial charge in [0.1, 0.15) is 16.9 Å². The minimum absolute atomic E-state index is 0. The Morgan fingerprint density at radius 2 is 1.63 bits per heavy atom. The van der Waals surface area contributed by atoms with Crippen molar-refractivity contribution in [3.8, 4) is 5.75 Å². The number of rotatable bonds is 2. The molecular formula is C15H22O3Zr. The average Bonchev–Trinajstić information content (AvgIpc) is 2.13. The predicted octanol–water partition coefficient (Wildman–Crippen LogP) is 3.86. The number of carbonyl (C=O) groups is 1. The number of benzene rings is 1. The van der Waals surface area contributed by atoms with Gasteiger partial charge in [-0.05, 0) is 32.3 Å². The van der Waals surface area contributed by atoms with Crippen LogP contribution in [0.4, 0.5) is 0 Å². The Hall–Kier alpha value is -0.627. The third-order valence-electron chi connectivity index (χ3n) is 2.46. The molecule has 1 rings (SSSR count). The Kier molecular flexibility index (Phi) is 6.01. The van der Waals surface area contributed by atoms with E-state index in [-0.39, 0.29) is 37.2 Å². The van der Waals surface area contributed by atoms with Gasteiger partial charge in [0.25, 0.3) is 0 Å². The molecule has 0 aliphatic heterocycles. The Morgan fingerprint density at radius 1 is 1.11 bits per heavy atom. The van der Waals surface area contributed by atoms with Gasteiger partial charge in [-0.1, -0.05) is 32.9 Å². The van der Waals surface area contributed by atoms with Crippen molar-refractivity contribution in [2.75, 3.05) is 0 Å². The number of carboxylic acids is 1. The molecule has 1 aromatic rings. The van der Waals surface area contributed by atoms with Gasteiger partial charge in [0, 0.05) is 31.8 Å². The van der Waals surface area contributed by atoms with E-state index in [9.17, 15) is 9.90 Å². The van der Waals surface area contributed by atoms with Gasteiger partial charge in [0.15, 0.2) is 0 Å².